The van der Waals surface area contributed by atoms with Gasteiger partial charge in [-0.15, -0.1) is 0 Å². The molecule has 33 heavy (non-hydrogen) atoms. The second-order valence-corrected chi connectivity index (χ2v) is 12.6. The molecule has 11 heteroatoms. The zero-order valence-corrected chi connectivity index (χ0v) is 20.2. The largest absolute Gasteiger partial charge is 0.481 e. The molecule has 3 unspecified atom stereocenters. The van der Waals surface area contributed by atoms with Crippen molar-refractivity contribution < 1.29 is 27.9 Å². The second kappa shape index (κ2) is 8.37. The Hall–Kier alpha value is -1.39. The first-order valence-electron chi connectivity index (χ1n) is 11.2. The summed E-state index contributed by atoms with van der Waals surface area (Å²) in [5.41, 5.74) is -0.655. The zero-order valence-electron chi connectivity index (χ0n) is 17.9. The third-order valence-electron chi connectivity index (χ3n) is 7.87. The molecule has 5 aliphatic rings. The molecule has 1 heterocycles. The molecule has 8 nitrogen and oxygen atoms in total. The van der Waals surface area contributed by atoms with Crippen LogP contribution < -0.4 is 5.32 Å². The van der Waals surface area contributed by atoms with Gasteiger partial charge >= 0.3 is 5.97 Å². The van der Waals surface area contributed by atoms with Gasteiger partial charge in [-0.25, -0.2) is 8.42 Å². The van der Waals surface area contributed by atoms with Gasteiger partial charge in [-0.1, -0.05) is 29.3 Å². The summed E-state index contributed by atoms with van der Waals surface area (Å²) in [5, 5.41) is 12.9. The fourth-order valence-corrected chi connectivity index (χ4v) is 9.16. The number of nitrogens with one attached hydrogen (secondary N) is 1. The van der Waals surface area contributed by atoms with Crippen molar-refractivity contribution in [2.75, 3.05) is 19.7 Å². The van der Waals surface area contributed by atoms with Crippen LogP contribution in [0.2, 0.25) is 10.0 Å². The minimum Gasteiger partial charge on any atom is -0.481 e. The maximum Gasteiger partial charge on any atom is 0.309 e. The van der Waals surface area contributed by atoms with Gasteiger partial charge in [-0.2, -0.15) is 4.31 Å². The number of carbonyl (C=O) groups is 2. The van der Waals surface area contributed by atoms with E-state index in [4.69, 9.17) is 27.9 Å². The topological polar surface area (TPSA) is 113 Å². The molecule has 1 saturated heterocycles. The number of carboxylic acid groups (broad SMARTS) is 1. The molecular weight excluding hydrogens is 491 g/mol. The third-order valence-corrected chi connectivity index (χ3v) is 10.7. The van der Waals surface area contributed by atoms with Gasteiger partial charge in [0.15, 0.2) is 0 Å². The molecule has 4 aliphatic carbocycles. The van der Waals surface area contributed by atoms with Gasteiger partial charge in [0.05, 0.1) is 22.1 Å². The first-order valence-corrected chi connectivity index (χ1v) is 13.4. The maximum atomic E-state index is 13.2. The van der Waals surface area contributed by atoms with Gasteiger partial charge in [0, 0.05) is 19.1 Å². The summed E-state index contributed by atoms with van der Waals surface area (Å²) in [7, 11) is -4.01. The SMILES string of the molecule is O=C(NC1C2CC3CC1CC(C(=O)O)(C3)C2)C1CN(S(=O)(=O)c2c(Cl)cccc2Cl)CCO1. The number of hydrogen-bond acceptors (Lipinski definition) is 5. The quantitative estimate of drug-likeness (QED) is 0.621. The van der Waals surface area contributed by atoms with Gasteiger partial charge in [-0.3, -0.25) is 9.59 Å². The molecule has 1 amide bonds. The number of ether oxygens (including phenoxy) is 1. The highest BCUT2D eigenvalue weighted by atomic mass is 35.5. The number of hydrogen-bond donors (Lipinski definition) is 2. The van der Waals surface area contributed by atoms with Crippen LogP contribution in [-0.4, -0.2) is 61.5 Å². The highest BCUT2D eigenvalue weighted by molar-refractivity contribution is 7.89. The normalized spacial score (nSPS) is 36.0. The first-order chi connectivity index (χ1) is 15.6. The number of rotatable bonds is 5. The summed E-state index contributed by atoms with van der Waals surface area (Å²) in [4.78, 5) is 24.9. The molecule has 3 atom stereocenters. The summed E-state index contributed by atoms with van der Waals surface area (Å²) in [6, 6.07) is 4.39. The Morgan fingerprint density at radius 2 is 1.76 bits per heavy atom. The molecule has 4 bridgehead atoms. The average Bonchev–Trinajstić information content (AvgIpc) is 2.75. The summed E-state index contributed by atoms with van der Waals surface area (Å²) in [6.45, 7) is 0.0196. The Labute approximate surface area is 202 Å². The molecule has 0 spiro atoms. The van der Waals surface area contributed by atoms with E-state index in [1.807, 2.05) is 0 Å². The average molecular weight is 517 g/mol. The Kier molecular flexibility index (Phi) is 5.93. The number of nitrogens with zero attached hydrogens (tertiary/aromatic N) is 1. The Morgan fingerprint density at radius 3 is 2.36 bits per heavy atom. The van der Waals surface area contributed by atoms with Crippen molar-refractivity contribution in [3.8, 4) is 0 Å². The number of benzene rings is 1. The van der Waals surface area contributed by atoms with Crippen molar-refractivity contribution in [3.05, 3.63) is 28.2 Å². The van der Waals surface area contributed by atoms with Crippen LogP contribution in [-0.2, 0) is 24.3 Å². The lowest BCUT2D eigenvalue weighted by Gasteiger charge is -2.58. The van der Waals surface area contributed by atoms with E-state index in [9.17, 15) is 23.1 Å². The van der Waals surface area contributed by atoms with Crippen molar-refractivity contribution in [2.24, 2.45) is 23.2 Å². The smallest absolute Gasteiger partial charge is 0.309 e. The lowest BCUT2D eigenvalue weighted by atomic mass is 9.48. The minimum absolute atomic E-state index is 0.0240. The van der Waals surface area contributed by atoms with Crippen LogP contribution in [0.3, 0.4) is 0 Å². The van der Waals surface area contributed by atoms with E-state index < -0.39 is 27.5 Å². The predicted molar refractivity (Wildman–Crippen MR) is 121 cm³/mol. The van der Waals surface area contributed by atoms with Crippen LogP contribution in [0.5, 0.6) is 0 Å². The van der Waals surface area contributed by atoms with E-state index in [1.165, 1.54) is 16.4 Å². The van der Waals surface area contributed by atoms with E-state index in [2.05, 4.69) is 5.32 Å². The van der Waals surface area contributed by atoms with Crippen molar-refractivity contribution in [2.45, 2.75) is 49.1 Å². The van der Waals surface area contributed by atoms with E-state index in [-0.39, 0.29) is 58.4 Å². The van der Waals surface area contributed by atoms with Crippen LogP contribution in [0.15, 0.2) is 23.1 Å². The van der Waals surface area contributed by atoms with Crippen molar-refractivity contribution >= 4 is 45.1 Å². The number of halogens is 2. The molecular formula is C22H26Cl2N2O6S. The fraction of sp³-hybridized carbons (Fsp3) is 0.636. The van der Waals surface area contributed by atoms with Gasteiger partial charge in [0.1, 0.15) is 11.0 Å². The predicted octanol–water partition coefficient (Wildman–Crippen LogP) is 2.78. The van der Waals surface area contributed by atoms with E-state index >= 15 is 0 Å². The number of sulfonamides is 1. The van der Waals surface area contributed by atoms with E-state index in [1.54, 1.807) is 6.07 Å². The molecule has 1 aliphatic heterocycles. The Morgan fingerprint density at radius 1 is 1.12 bits per heavy atom. The molecule has 6 rings (SSSR count). The van der Waals surface area contributed by atoms with Gasteiger partial charge in [-0.05, 0) is 62.0 Å². The highest BCUT2D eigenvalue weighted by Gasteiger charge is 2.59. The van der Waals surface area contributed by atoms with Crippen LogP contribution in [0.4, 0.5) is 0 Å². The number of carbonyl (C=O) groups excluding carboxylic acids is 1. The summed E-state index contributed by atoms with van der Waals surface area (Å²) in [6.07, 6.45) is 2.79. The first kappa shape index (κ1) is 23.4. The maximum absolute atomic E-state index is 13.2. The number of carboxylic acids is 1. The fourth-order valence-electron chi connectivity index (χ4n) is 6.64. The van der Waals surface area contributed by atoms with E-state index in [0.717, 1.165) is 19.3 Å². The lowest BCUT2D eigenvalue weighted by Crippen LogP contribution is -2.63. The number of aliphatic carboxylic acids is 1. The molecule has 5 fully saturated rings. The molecule has 0 aromatic heterocycles. The van der Waals surface area contributed by atoms with Crippen molar-refractivity contribution in [3.63, 3.8) is 0 Å². The number of amides is 1. The molecule has 0 radical (unpaired) electrons. The highest BCUT2D eigenvalue weighted by Crippen LogP contribution is 2.60. The molecule has 4 saturated carbocycles. The van der Waals surface area contributed by atoms with Gasteiger partial charge in [0.25, 0.3) is 5.91 Å². The zero-order chi connectivity index (χ0) is 23.5. The molecule has 1 aromatic carbocycles. The van der Waals surface area contributed by atoms with Gasteiger partial charge < -0.3 is 15.2 Å². The molecule has 2 N–H and O–H groups in total. The third kappa shape index (κ3) is 3.95. The summed E-state index contributed by atoms with van der Waals surface area (Å²) >= 11 is 12.2. The van der Waals surface area contributed by atoms with Crippen LogP contribution in [0.25, 0.3) is 0 Å². The van der Waals surface area contributed by atoms with Gasteiger partial charge in [0.2, 0.25) is 10.0 Å². The summed E-state index contributed by atoms with van der Waals surface area (Å²) in [5.74, 6) is -0.426. The Balaban J connectivity index is 1.29. The van der Waals surface area contributed by atoms with Crippen LogP contribution >= 0.6 is 23.2 Å². The summed E-state index contributed by atoms with van der Waals surface area (Å²) < 4.78 is 33.2. The van der Waals surface area contributed by atoms with Crippen LogP contribution in [0.1, 0.15) is 32.1 Å². The van der Waals surface area contributed by atoms with E-state index in [0.29, 0.717) is 18.8 Å². The monoisotopic (exact) mass is 516 g/mol. The molecule has 1 aromatic rings. The minimum atomic E-state index is -4.01. The lowest BCUT2D eigenvalue weighted by molar-refractivity contribution is -0.168. The van der Waals surface area contributed by atoms with Crippen molar-refractivity contribution in [1.29, 1.82) is 0 Å². The molecule has 180 valence electrons. The second-order valence-electron chi connectivity index (χ2n) is 9.86. The Bertz CT molecular complexity index is 1060. The standard InChI is InChI=1S/C22H26Cl2N2O6S/c23-15-2-1-3-16(24)19(15)33(30,31)26-4-5-32-17(11-26)20(27)25-18-13-6-12-7-14(18)10-22(8-12,9-13)21(28)29/h1-3,12-14,17-18H,4-11H2,(H,25,27)(H,28,29). The van der Waals surface area contributed by atoms with Crippen molar-refractivity contribution in [1.82, 2.24) is 9.62 Å². The van der Waals surface area contributed by atoms with Crippen LogP contribution in [0, 0.1) is 23.2 Å². The number of morpholine rings is 1.